The van der Waals surface area contributed by atoms with Crippen LogP contribution >= 0.6 is 11.6 Å². The molecule has 0 radical (unpaired) electrons. The Kier molecular flexibility index (Phi) is 5.21. The minimum atomic E-state index is 0.456. The fourth-order valence-corrected chi connectivity index (χ4v) is 2.30. The fraction of sp³-hybridized carbons (Fsp3) is 0.438. The number of aromatic nitrogens is 2. The van der Waals surface area contributed by atoms with E-state index in [9.17, 15) is 0 Å². The van der Waals surface area contributed by atoms with Crippen molar-refractivity contribution in [1.29, 1.82) is 0 Å². The Morgan fingerprint density at radius 2 is 2.10 bits per heavy atom. The molecule has 0 amide bonds. The summed E-state index contributed by atoms with van der Waals surface area (Å²) in [4.78, 5) is 0. The fourth-order valence-electron chi connectivity index (χ4n) is 2.05. The average molecular weight is 292 g/mol. The van der Waals surface area contributed by atoms with Crippen molar-refractivity contribution in [2.45, 2.75) is 46.3 Å². The molecule has 0 aliphatic carbocycles. The summed E-state index contributed by atoms with van der Waals surface area (Å²) in [7, 11) is 0. The number of rotatable bonds is 6. The standard InChI is InChI=1S/C16H22ClN3/c1-4-7-20-11-15(10-19-20)13-5-6-14(16(17)8-13)9-18-12(2)3/h5-6,8,10-12,18H,4,7,9H2,1-3H3. The lowest BCUT2D eigenvalue weighted by atomic mass is 10.1. The summed E-state index contributed by atoms with van der Waals surface area (Å²) in [6.07, 6.45) is 5.05. The number of nitrogens with zero attached hydrogens (tertiary/aromatic N) is 2. The third-order valence-electron chi connectivity index (χ3n) is 3.17. The summed E-state index contributed by atoms with van der Waals surface area (Å²) in [5.41, 5.74) is 3.36. The first-order chi connectivity index (χ1) is 9.60. The summed E-state index contributed by atoms with van der Waals surface area (Å²) in [5, 5.41) is 8.54. The van der Waals surface area contributed by atoms with E-state index in [2.05, 4.69) is 49.5 Å². The molecule has 0 fully saturated rings. The van der Waals surface area contributed by atoms with E-state index >= 15 is 0 Å². The van der Waals surface area contributed by atoms with Gasteiger partial charge in [-0.05, 0) is 23.6 Å². The molecule has 1 aromatic carbocycles. The Labute approximate surface area is 126 Å². The van der Waals surface area contributed by atoms with Gasteiger partial charge in [0, 0.05) is 35.9 Å². The molecule has 0 unspecified atom stereocenters. The maximum Gasteiger partial charge on any atom is 0.0568 e. The zero-order chi connectivity index (χ0) is 14.5. The van der Waals surface area contributed by atoms with Crippen molar-refractivity contribution in [2.24, 2.45) is 0 Å². The molecule has 1 heterocycles. The van der Waals surface area contributed by atoms with Crippen molar-refractivity contribution in [2.75, 3.05) is 0 Å². The van der Waals surface area contributed by atoms with E-state index in [-0.39, 0.29) is 0 Å². The zero-order valence-electron chi connectivity index (χ0n) is 12.4. The van der Waals surface area contributed by atoms with Crippen molar-refractivity contribution in [3.8, 4) is 11.1 Å². The smallest absolute Gasteiger partial charge is 0.0568 e. The zero-order valence-corrected chi connectivity index (χ0v) is 13.1. The largest absolute Gasteiger partial charge is 0.310 e. The van der Waals surface area contributed by atoms with Crippen LogP contribution in [0, 0.1) is 0 Å². The number of aryl methyl sites for hydroxylation is 1. The lowest BCUT2D eigenvalue weighted by Gasteiger charge is -2.10. The first-order valence-electron chi connectivity index (χ1n) is 7.14. The van der Waals surface area contributed by atoms with E-state index < -0.39 is 0 Å². The van der Waals surface area contributed by atoms with Crippen LogP contribution in [0.1, 0.15) is 32.8 Å². The third-order valence-corrected chi connectivity index (χ3v) is 3.52. The minimum Gasteiger partial charge on any atom is -0.310 e. The van der Waals surface area contributed by atoms with Crippen LogP contribution in [-0.2, 0) is 13.1 Å². The molecule has 1 aromatic heterocycles. The van der Waals surface area contributed by atoms with E-state index in [0.717, 1.165) is 41.2 Å². The van der Waals surface area contributed by atoms with Gasteiger partial charge in [-0.2, -0.15) is 5.10 Å². The van der Waals surface area contributed by atoms with Gasteiger partial charge in [0.25, 0.3) is 0 Å². The lowest BCUT2D eigenvalue weighted by Crippen LogP contribution is -2.21. The Morgan fingerprint density at radius 1 is 1.30 bits per heavy atom. The number of hydrogen-bond acceptors (Lipinski definition) is 2. The predicted molar refractivity (Wildman–Crippen MR) is 84.9 cm³/mol. The van der Waals surface area contributed by atoms with Gasteiger partial charge in [0.2, 0.25) is 0 Å². The first kappa shape index (κ1) is 15.1. The SMILES string of the molecule is CCCn1cc(-c2ccc(CNC(C)C)c(Cl)c2)cn1. The second-order valence-corrected chi connectivity index (χ2v) is 5.74. The maximum atomic E-state index is 6.36. The van der Waals surface area contributed by atoms with Crippen LogP contribution in [0.5, 0.6) is 0 Å². The van der Waals surface area contributed by atoms with Gasteiger partial charge in [0.15, 0.2) is 0 Å². The Hall–Kier alpha value is -1.32. The molecule has 2 aromatic rings. The number of hydrogen-bond donors (Lipinski definition) is 1. The van der Waals surface area contributed by atoms with Crippen LogP contribution in [0.25, 0.3) is 11.1 Å². The third kappa shape index (κ3) is 3.84. The van der Waals surface area contributed by atoms with E-state index in [1.807, 2.05) is 16.9 Å². The van der Waals surface area contributed by atoms with Gasteiger partial charge in [-0.15, -0.1) is 0 Å². The first-order valence-corrected chi connectivity index (χ1v) is 7.52. The lowest BCUT2D eigenvalue weighted by molar-refractivity contribution is 0.589. The summed E-state index contributed by atoms with van der Waals surface area (Å²) in [6, 6.07) is 6.67. The highest BCUT2D eigenvalue weighted by Gasteiger charge is 2.06. The molecule has 0 atom stereocenters. The Bertz CT molecular complexity index is 561. The molecule has 0 saturated carbocycles. The van der Waals surface area contributed by atoms with Gasteiger partial charge in [-0.25, -0.2) is 0 Å². The van der Waals surface area contributed by atoms with Crippen LogP contribution in [0.15, 0.2) is 30.6 Å². The molecule has 108 valence electrons. The molecular weight excluding hydrogens is 270 g/mol. The molecule has 2 rings (SSSR count). The predicted octanol–water partition coefficient (Wildman–Crippen LogP) is 4.11. The van der Waals surface area contributed by atoms with E-state index in [1.54, 1.807) is 0 Å². The molecule has 20 heavy (non-hydrogen) atoms. The normalized spacial score (nSPS) is 11.2. The second kappa shape index (κ2) is 6.91. The molecule has 1 N–H and O–H groups in total. The molecule has 4 heteroatoms. The molecule has 0 aliphatic rings. The monoisotopic (exact) mass is 291 g/mol. The second-order valence-electron chi connectivity index (χ2n) is 5.33. The summed E-state index contributed by atoms with van der Waals surface area (Å²) in [5.74, 6) is 0. The number of benzene rings is 1. The Balaban J connectivity index is 2.14. The summed E-state index contributed by atoms with van der Waals surface area (Å²) in [6.45, 7) is 8.15. The van der Waals surface area contributed by atoms with E-state index in [0.29, 0.717) is 6.04 Å². The molecule has 0 aliphatic heterocycles. The molecule has 0 bridgehead atoms. The van der Waals surface area contributed by atoms with Crippen molar-refractivity contribution in [1.82, 2.24) is 15.1 Å². The van der Waals surface area contributed by atoms with Gasteiger partial charge in [-0.1, -0.05) is 44.5 Å². The summed E-state index contributed by atoms with van der Waals surface area (Å²) >= 11 is 6.36. The van der Waals surface area contributed by atoms with Crippen molar-refractivity contribution >= 4 is 11.6 Å². The summed E-state index contributed by atoms with van der Waals surface area (Å²) < 4.78 is 1.97. The van der Waals surface area contributed by atoms with Crippen molar-refractivity contribution in [3.63, 3.8) is 0 Å². The van der Waals surface area contributed by atoms with Crippen molar-refractivity contribution in [3.05, 3.63) is 41.2 Å². The molecule has 0 saturated heterocycles. The average Bonchev–Trinajstić information content (AvgIpc) is 2.86. The number of nitrogens with one attached hydrogen (secondary N) is 1. The van der Waals surface area contributed by atoms with Crippen LogP contribution in [-0.4, -0.2) is 15.8 Å². The van der Waals surface area contributed by atoms with Crippen LogP contribution in [0.2, 0.25) is 5.02 Å². The van der Waals surface area contributed by atoms with Crippen molar-refractivity contribution < 1.29 is 0 Å². The van der Waals surface area contributed by atoms with Crippen LogP contribution < -0.4 is 5.32 Å². The molecular formula is C16H22ClN3. The highest BCUT2D eigenvalue weighted by molar-refractivity contribution is 6.31. The minimum absolute atomic E-state index is 0.456. The highest BCUT2D eigenvalue weighted by atomic mass is 35.5. The van der Waals surface area contributed by atoms with E-state index in [4.69, 9.17) is 11.6 Å². The van der Waals surface area contributed by atoms with Gasteiger partial charge in [0.1, 0.15) is 0 Å². The van der Waals surface area contributed by atoms with Gasteiger partial charge >= 0.3 is 0 Å². The van der Waals surface area contributed by atoms with Crippen LogP contribution in [0.4, 0.5) is 0 Å². The highest BCUT2D eigenvalue weighted by Crippen LogP contribution is 2.25. The molecule has 3 nitrogen and oxygen atoms in total. The Morgan fingerprint density at radius 3 is 2.75 bits per heavy atom. The number of halogens is 1. The van der Waals surface area contributed by atoms with Gasteiger partial charge in [-0.3, -0.25) is 4.68 Å². The maximum absolute atomic E-state index is 6.36. The van der Waals surface area contributed by atoms with Gasteiger partial charge < -0.3 is 5.32 Å². The quantitative estimate of drug-likeness (QED) is 0.868. The molecule has 0 spiro atoms. The topological polar surface area (TPSA) is 29.9 Å². The van der Waals surface area contributed by atoms with Crippen LogP contribution in [0.3, 0.4) is 0 Å². The van der Waals surface area contributed by atoms with E-state index in [1.165, 1.54) is 0 Å². The van der Waals surface area contributed by atoms with Gasteiger partial charge in [0.05, 0.1) is 6.20 Å².